The Morgan fingerprint density at radius 2 is 2.05 bits per heavy atom. The number of hydrogen-bond acceptors (Lipinski definition) is 3. The fourth-order valence-electron chi connectivity index (χ4n) is 2.46. The molecular weight excluding hydrogens is 344 g/mol. The van der Waals surface area contributed by atoms with Gasteiger partial charge in [0, 0.05) is 10.0 Å². The van der Waals surface area contributed by atoms with Crippen LogP contribution in [0.1, 0.15) is 11.1 Å². The second-order valence-electron chi connectivity index (χ2n) is 5.15. The van der Waals surface area contributed by atoms with Gasteiger partial charge in [0.25, 0.3) is 5.56 Å². The molecule has 5 heteroatoms. The number of ether oxygens (including phenoxy) is 1. The lowest BCUT2D eigenvalue weighted by Gasteiger charge is -2.11. The second kappa shape index (κ2) is 5.93. The zero-order chi connectivity index (χ0) is 15.7. The summed E-state index contributed by atoms with van der Waals surface area (Å²) < 4.78 is 7.84. The average molecular weight is 359 g/mol. The molecule has 0 aliphatic rings. The van der Waals surface area contributed by atoms with Gasteiger partial charge >= 0.3 is 0 Å². The van der Waals surface area contributed by atoms with E-state index in [0.29, 0.717) is 17.4 Å². The van der Waals surface area contributed by atoms with Crippen LogP contribution in [0.2, 0.25) is 0 Å². The number of methoxy groups -OCH3 is 1. The van der Waals surface area contributed by atoms with E-state index in [2.05, 4.69) is 20.9 Å². The van der Waals surface area contributed by atoms with Gasteiger partial charge in [-0.3, -0.25) is 9.36 Å². The standard InChI is InChI=1S/C17H15BrN2O2/c1-11-3-6-16(22-2)12(7-11)9-20-10-19-15-5-4-13(18)8-14(15)17(20)21/h3-8,10H,9H2,1-2H3. The lowest BCUT2D eigenvalue weighted by molar-refractivity contribution is 0.408. The molecule has 0 aliphatic heterocycles. The molecule has 0 amide bonds. The predicted molar refractivity (Wildman–Crippen MR) is 90.5 cm³/mol. The maximum absolute atomic E-state index is 12.6. The number of benzene rings is 2. The van der Waals surface area contributed by atoms with Gasteiger partial charge in [-0.2, -0.15) is 0 Å². The molecule has 22 heavy (non-hydrogen) atoms. The Balaban J connectivity index is 2.10. The fraction of sp³-hybridized carbons (Fsp3) is 0.176. The van der Waals surface area contributed by atoms with Crippen LogP contribution in [-0.2, 0) is 6.54 Å². The Kier molecular flexibility index (Phi) is 3.98. The monoisotopic (exact) mass is 358 g/mol. The first-order valence-electron chi connectivity index (χ1n) is 6.86. The number of hydrogen-bond donors (Lipinski definition) is 0. The summed E-state index contributed by atoms with van der Waals surface area (Å²) >= 11 is 3.39. The van der Waals surface area contributed by atoms with Crippen molar-refractivity contribution in [2.24, 2.45) is 0 Å². The highest BCUT2D eigenvalue weighted by Crippen LogP contribution is 2.21. The molecule has 0 bridgehead atoms. The highest BCUT2D eigenvalue weighted by molar-refractivity contribution is 9.10. The SMILES string of the molecule is COc1ccc(C)cc1Cn1cnc2ccc(Br)cc2c1=O. The van der Waals surface area contributed by atoms with Crippen LogP contribution in [0.25, 0.3) is 10.9 Å². The summed E-state index contributed by atoms with van der Waals surface area (Å²) in [4.78, 5) is 17.0. The van der Waals surface area contributed by atoms with Crippen molar-refractivity contribution >= 4 is 26.8 Å². The van der Waals surface area contributed by atoms with E-state index >= 15 is 0 Å². The molecule has 1 aromatic heterocycles. The molecule has 0 radical (unpaired) electrons. The van der Waals surface area contributed by atoms with Crippen LogP contribution in [0.3, 0.4) is 0 Å². The summed E-state index contributed by atoms with van der Waals surface area (Å²) in [6.07, 6.45) is 1.58. The summed E-state index contributed by atoms with van der Waals surface area (Å²) in [6.45, 7) is 2.45. The highest BCUT2D eigenvalue weighted by atomic mass is 79.9. The van der Waals surface area contributed by atoms with Crippen LogP contribution in [0, 0.1) is 6.92 Å². The summed E-state index contributed by atoms with van der Waals surface area (Å²) in [5.74, 6) is 0.770. The van der Waals surface area contributed by atoms with Gasteiger partial charge in [0.15, 0.2) is 0 Å². The number of halogens is 1. The maximum atomic E-state index is 12.6. The molecule has 0 N–H and O–H groups in total. The molecular formula is C17H15BrN2O2. The van der Waals surface area contributed by atoms with Gasteiger partial charge in [-0.05, 0) is 31.2 Å². The quantitative estimate of drug-likeness (QED) is 0.719. The average Bonchev–Trinajstić information content (AvgIpc) is 2.51. The molecule has 3 rings (SSSR count). The van der Waals surface area contributed by atoms with E-state index in [1.165, 1.54) is 0 Å². The Bertz CT molecular complexity index is 903. The van der Waals surface area contributed by atoms with Crippen molar-refractivity contribution in [3.8, 4) is 5.75 Å². The van der Waals surface area contributed by atoms with E-state index in [1.807, 2.05) is 37.3 Å². The summed E-state index contributed by atoms with van der Waals surface area (Å²) in [5, 5.41) is 0.600. The maximum Gasteiger partial charge on any atom is 0.261 e. The van der Waals surface area contributed by atoms with Crippen molar-refractivity contribution < 1.29 is 4.74 Å². The lowest BCUT2D eigenvalue weighted by atomic mass is 10.1. The summed E-state index contributed by atoms with van der Waals surface area (Å²) in [7, 11) is 1.63. The van der Waals surface area contributed by atoms with Crippen LogP contribution in [0.4, 0.5) is 0 Å². The number of nitrogens with zero attached hydrogens (tertiary/aromatic N) is 2. The number of fused-ring (bicyclic) bond motifs is 1. The van der Waals surface area contributed by atoms with Gasteiger partial charge in [-0.25, -0.2) is 4.98 Å². The van der Waals surface area contributed by atoms with Crippen molar-refractivity contribution in [2.45, 2.75) is 13.5 Å². The van der Waals surface area contributed by atoms with E-state index < -0.39 is 0 Å². The fourth-order valence-corrected chi connectivity index (χ4v) is 2.82. The minimum Gasteiger partial charge on any atom is -0.496 e. The molecule has 2 aromatic carbocycles. The topological polar surface area (TPSA) is 44.1 Å². The van der Waals surface area contributed by atoms with Crippen molar-refractivity contribution in [1.82, 2.24) is 9.55 Å². The van der Waals surface area contributed by atoms with Gasteiger partial charge in [-0.1, -0.05) is 33.6 Å². The van der Waals surface area contributed by atoms with Crippen molar-refractivity contribution in [2.75, 3.05) is 7.11 Å². The normalized spacial score (nSPS) is 10.9. The molecule has 0 fully saturated rings. The number of aryl methyl sites for hydroxylation is 1. The largest absolute Gasteiger partial charge is 0.496 e. The minimum atomic E-state index is -0.0603. The first-order valence-corrected chi connectivity index (χ1v) is 7.66. The minimum absolute atomic E-state index is 0.0603. The summed E-state index contributed by atoms with van der Waals surface area (Å²) in [5.41, 5.74) is 2.72. The molecule has 0 unspecified atom stereocenters. The van der Waals surface area contributed by atoms with Gasteiger partial charge < -0.3 is 4.74 Å². The molecule has 0 saturated heterocycles. The van der Waals surface area contributed by atoms with E-state index in [4.69, 9.17) is 4.74 Å². The zero-order valence-electron chi connectivity index (χ0n) is 12.3. The third-order valence-corrected chi connectivity index (χ3v) is 4.06. The van der Waals surface area contributed by atoms with E-state index in [1.54, 1.807) is 24.1 Å². The van der Waals surface area contributed by atoms with Gasteiger partial charge in [0.2, 0.25) is 0 Å². The molecule has 0 saturated carbocycles. The molecule has 3 aromatic rings. The third-order valence-electron chi connectivity index (χ3n) is 3.56. The highest BCUT2D eigenvalue weighted by Gasteiger charge is 2.08. The van der Waals surface area contributed by atoms with Gasteiger partial charge in [-0.15, -0.1) is 0 Å². The second-order valence-corrected chi connectivity index (χ2v) is 6.07. The van der Waals surface area contributed by atoms with Crippen molar-refractivity contribution in [3.05, 3.63) is 68.7 Å². The smallest absolute Gasteiger partial charge is 0.261 e. The number of rotatable bonds is 3. The van der Waals surface area contributed by atoms with E-state index in [0.717, 1.165) is 21.3 Å². The summed E-state index contributed by atoms with van der Waals surface area (Å²) in [6, 6.07) is 11.4. The van der Waals surface area contributed by atoms with E-state index in [-0.39, 0.29) is 5.56 Å². The molecule has 0 spiro atoms. The Morgan fingerprint density at radius 1 is 1.23 bits per heavy atom. The first kappa shape index (κ1) is 14.8. The predicted octanol–water partition coefficient (Wildman–Crippen LogP) is 3.52. The van der Waals surface area contributed by atoms with E-state index in [9.17, 15) is 4.79 Å². The van der Waals surface area contributed by atoms with Crippen molar-refractivity contribution in [1.29, 1.82) is 0 Å². The lowest BCUT2D eigenvalue weighted by Crippen LogP contribution is -2.21. The first-order chi connectivity index (χ1) is 10.6. The van der Waals surface area contributed by atoms with Crippen LogP contribution >= 0.6 is 15.9 Å². The molecule has 0 atom stereocenters. The van der Waals surface area contributed by atoms with Crippen LogP contribution in [-0.4, -0.2) is 16.7 Å². The number of aromatic nitrogens is 2. The van der Waals surface area contributed by atoms with Crippen molar-refractivity contribution in [3.63, 3.8) is 0 Å². The molecule has 112 valence electrons. The Hall–Kier alpha value is -2.14. The van der Waals surface area contributed by atoms with Crippen LogP contribution in [0.15, 0.2) is 52.0 Å². The molecule has 0 aliphatic carbocycles. The van der Waals surface area contributed by atoms with Gasteiger partial charge in [0.1, 0.15) is 5.75 Å². The molecule has 1 heterocycles. The Labute approximate surface area is 136 Å². The zero-order valence-corrected chi connectivity index (χ0v) is 13.9. The van der Waals surface area contributed by atoms with Crippen LogP contribution < -0.4 is 10.3 Å². The molecule has 4 nitrogen and oxygen atoms in total. The van der Waals surface area contributed by atoms with Crippen LogP contribution in [0.5, 0.6) is 5.75 Å². The third kappa shape index (κ3) is 2.76. The Morgan fingerprint density at radius 3 is 2.82 bits per heavy atom. The van der Waals surface area contributed by atoms with Gasteiger partial charge in [0.05, 0.1) is 30.9 Å².